The van der Waals surface area contributed by atoms with Gasteiger partial charge in [0.25, 0.3) is 6.07 Å². The van der Waals surface area contributed by atoms with Crippen LogP contribution in [0.15, 0.2) is 6.08 Å². The highest BCUT2D eigenvalue weighted by Crippen LogP contribution is 1.57. The summed E-state index contributed by atoms with van der Waals surface area (Å²) in [6, 6.07) is 1.69. The van der Waals surface area contributed by atoms with E-state index in [9.17, 15) is 0 Å². The van der Waals surface area contributed by atoms with E-state index in [1.807, 2.05) is 5.92 Å². The molecule has 0 aliphatic rings. The van der Waals surface area contributed by atoms with Crippen molar-refractivity contribution in [2.75, 3.05) is 0 Å². The SMILES string of the molecule is C#C[C+]=CC#N. The predicted molar refractivity (Wildman–Crippen MR) is 22.3 cm³/mol. The molecule has 0 unspecified atom stereocenters. The van der Waals surface area contributed by atoms with Crippen molar-refractivity contribution in [2.45, 2.75) is 0 Å². The van der Waals surface area contributed by atoms with Gasteiger partial charge in [0.2, 0.25) is 6.08 Å². The zero-order valence-electron chi connectivity index (χ0n) is 3.10. The van der Waals surface area contributed by atoms with E-state index in [2.05, 4.69) is 12.5 Å². The van der Waals surface area contributed by atoms with E-state index in [4.69, 9.17) is 5.26 Å². The van der Waals surface area contributed by atoms with Crippen molar-refractivity contribution in [1.82, 2.24) is 0 Å². The van der Waals surface area contributed by atoms with E-state index in [0.717, 1.165) is 6.08 Å². The molecule has 6 heavy (non-hydrogen) atoms. The maximum absolute atomic E-state index is 7.73. The Hall–Kier alpha value is -1.30. The molecule has 0 radical (unpaired) electrons. The summed E-state index contributed by atoms with van der Waals surface area (Å²) in [7, 11) is 0. The van der Waals surface area contributed by atoms with Gasteiger partial charge >= 0.3 is 0 Å². The van der Waals surface area contributed by atoms with Crippen LogP contribution >= 0.6 is 0 Å². The highest BCUT2D eigenvalue weighted by atomic mass is 14.2. The molecule has 0 fully saturated rings. The second-order valence-electron chi connectivity index (χ2n) is 0.562. The fraction of sp³-hybridized carbons (Fsp3) is 0. The summed E-state index contributed by atoms with van der Waals surface area (Å²) in [5.41, 5.74) is 0. The minimum Gasteiger partial charge on any atom is -0.0987 e. The summed E-state index contributed by atoms with van der Waals surface area (Å²) in [4.78, 5) is 0. The number of hydrogen-bond acceptors (Lipinski definition) is 1. The van der Waals surface area contributed by atoms with Gasteiger partial charge < -0.3 is 0 Å². The zero-order valence-corrected chi connectivity index (χ0v) is 3.10. The zero-order chi connectivity index (χ0) is 4.83. The Morgan fingerprint density at radius 3 is 2.67 bits per heavy atom. The van der Waals surface area contributed by atoms with Gasteiger partial charge in [0.15, 0.2) is 0 Å². The topological polar surface area (TPSA) is 23.8 Å². The van der Waals surface area contributed by atoms with E-state index in [1.54, 1.807) is 6.07 Å². The van der Waals surface area contributed by atoms with Gasteiger partial charge in [-0.2, -0.15) is 0 Å². The molecule has 0 bridgehead atoms. The van der Waals surface area contributed by atoms with Crippen molar-refractivity contribution in [2.24, 2.45) is 0 Å². The van der Waals surface area contributed by atoms with Crippen molar-refractivity contribution in [1.29, 1.82) is 5.26 Å². The molecule has 0 aliphatic carbocycles. The molecule has 0 N–H and O–H groups in total. The van der Waals surface area contributed by atoms with Crippen molar-refractivity contribution in [3.05, 3.63) is 12.2 Å². The third-order valence-corrected chi connectivity index (χ3v) is 0.220. The molecule has 1 nitrogen and oxygen atoms in total. The lowest BCUT2D eigenvalue weighted by atomic mass is 10.5. The monoisotopic (exact) mass is 76.0 g/mol. The molecule has 0 aromatic carbocycles. The predicted octanol–water partition coefficient (Wildman–Crippen LogP) is 0.503. The van der Waals surface area contributed by atoms with Crippen molar-refractivity contribution in [3.63, 3.8) is 0 Å². The maximum Gasteiger partial charge on any atom is 0.255 e. The van der Waals surface area contributed by atoms with Gasteiger partial charge in [0.05, 0.1) is 0 Å². The molecule has 0 aromatic rings. The molecule has 0 spiro atoms. The highest BCUT2D eigenvalue weighted by Gasteiger charge is 1.66. The van der Waals surface area contributed by atoms with Crippen molar-refractivity contribution < 1.29 is 0 Å². The normalized spacial score (nSPS) is 5.67. The van der Waals surface area contributed by atoms with Crippen molar-refractivity contribution >= 4 is 0 Å². The number of allylic oxidation sites excluding steroid dienone is 2. The fourth-order valence-corrected chi connectivity index (χ4v) is 0.0739. The van der Waals surface area contributed by atoms with Gasteiger partial charge in [-0.05, 0) is 0 Å². The molecule has 0 atom stereocenters. The first kappa shape index (κ1) is 4.70. The Morgan fingerprint density at radius 1 is 1.83 bits per heavy atom. The number of hydrogen-bond donors (Lipinski definition) is 0. The Labute approximate surface area is 36.9 Å². The van der Waals surface area contributed by atoms with E-state index in [-0.39, 0.29) is 0 Å². The standard InChI is InChI=1S/C5H2N/c1-2-3-4-5-6/h1,4H/q+1. The minimum absolute atomic E-state index is 1.12. The van der Waals surface area contributed by atoms with Crippen LogP contribution in [-0.4, -0.2) is 0 Å². The molecule has 1 heteroatoms. The van der Waals surface area contributed by atoms with Gasteiger partial charge in [-0.3, -0.25) is 0 Å². The van der Waals surface area contributed by atoms with Crippen LogP contribution in [0.25, 0.3) is 0 Å². The van der Waals surface area contributed by atoms with Crippen LogP contribution in [0.4, 0.5) is 0 Å². The van der Waals surface area contributed by atoms with Crippen LogP contribution in [0.2, 0.25) is 0 Å². The Kier molecular flexibility index (Phi) is 2.90. The summed E-state index contributed by atoms with van der Waals surface area (Å²) in [5.74, 6) is 2.04. The van der Waals surface area contributed by atoms with Gasteiger partial charge in [-0.1, -0.05) is 5.26 Å². The van der Waals surface area contributed by atoms with Crippen LogP contribution in [0.3, 0.4) is 0 Å². The lowest BCUT2D eigenvalue weighted by Gasteiger charge is -1.34. The smallest absolute Gasteiger partial charge is 0.0987 e. The minimum atomic E-state index is 1.12. The van der Waals surface area contributed by atoms with E-state index in [0.29, 0.717) is 0 Å². The second-order valence-corrected chi connectivity index (χ2v) is 0.562. The Balaban J connectivity index is 3.36. The van der Waals surface area contributed by atoms with Crippen LogP contribution in [0.1, 0.15) is 0 Å². The molecule has 0 heterocycles. The van der Waals surface area contributed by atoms with Gasteiger partial charge in [0, 0.05) is 6.42 Å². The van der Waals surface area contributed by atoms with Crippen LogP contribution in [0.5, 0.6) is 0 Å². The molecule has 0 saturated heterocycles. The van der Waals surface area contributed by atoms with E-state index >= 15 is 0 Å². The average molecular weight is 76.1 g/mol. The number of rotatable bonds is 0. The first-order chi connectivity index (χ1) is 2.91. The third kappa shape index (κ3) is 2.70. The lowest BCUT2D eigenvalue weighted by molar-refractivity contribution is 1.53. The van der Waals surface area contributed by atoms with Crippen molar-refractivity contribution in [3.8, 4) is 18.4 Å². The number of terminal acetylenes is 1. The third-order valence-electron chi connectivity index (χ3n) is 0.220. The Morgan fingerprint density at radius 2 is 2.50 bits per heavy atom. The molecule has 0 aromatic heterocycles. The summed E-state index contributed by atoms with van der Waals surface area (Å²) >= 11 is 0. The summed E-state index contributed by atoms with van der Waals surface area (Å²) in [5, 5.41) is 7.73. The van der Waals surface area contributed by atoms with Crippen LogP contribution < -0.4 is 0 Å². The summed E-state index contributed by atoms with van der Waals surface area (Å²) < 4.78 is 0. The summed E-state index contributed by atoms with van der Waals surface area (Å²) in [6.45, 7) is 0. The maximum atomic E-state index is 7.73. The molecule has 0 aliphatic heterocycles. The van der Waals surface area contributed by atoms with Crippen LogP contribution in [-0.2, 0) is 0 Å². The lowest BCUT2D eigenvalue weighted by Crippen LogP contribution is -1.43. The molecular formula is C5H2N+. The van der Waals surface area contributed by atoms with Crippen LogP contribution in [0, 0.1) is 29.8 Å². The van der Waals surface area contributed by atoms with E-state index in [1.165, 1.54) is 0 Å². The highest BCUT2D eigenvalue weighted by molar-refractivity contribution is 5.09. The Bertz CT molecular complexity index is 104. The quantitative estimate of drug-likeness (QED) is 0.234. The molecule has 0 amide bonds. The first-order valence-electron chi connectivity index (χ1n) is 1.34. The van der Waals surface area contributed by atoms with Gasteiger partial charge in [-0.25, -0.2) is 0 Å². The van der Waals surface area contributed by atoms with Gasteiger partial charge in [-0.15, -0.1) is 0 Å². The largest absolute Gasteiger partial charge is 0.255 e. The molecule has 0 rings (SSSR count). The molecule has 26 valence electrons. The fourth-order valence-electron chi connectivity index (χ4n) is 0.0739. The summed E-state index contributed by atoms with van der Waals surface area (Å²) in [6.07, 6.45) is 8.04. The van der Waals surface area contributed by atoms with E-state index < -0.39 is 0 Å². The number of nitrogens with zero attached hydrogens (tertiary/aromatic N) is 1. The average Bonchev–Trinajstić information content (AvgIpc) is 1.61. The number of nitriles is 1. The molecular weight excluding hydrogens is 74.1 g/mol. The molecule has 0 saturated carbocycles. The van der Waals surface area contributed by atoms with Gasteiger partial charge in [0.1, 0.15) is 12.0 Å². The second kappa shape index (κ2) is 3.70. The first-order valence-corrected chi connectivity index (χ1v) is 1.34.